The summed E-state index contributed by atoms with van der Waals surface area (Å²) >= 11 is 0. The molecule has 1 nitrogen and oxygen atoms in total. The lowest BCUT2D eigenvalue weighted by atomic mass is 9.44. The molecule has 10 atom stereocenters. The van der Waals surface area contributed by atoms with Crippen LogP contribution in [0.3, 0.4) is 0 Å². The zero-order valence-electron chi connectivity index (χ0n) is 19.4. The van der Waals surface area contributed by atoms with Gasteiger partial charge in [0.1, 0.15) is 0 Å². The van der Waals surface area contributed by atoms with E-state index in [1.165, 1.54) is 64.2 Å². The third-order valence-electron chi connectivity index (χ3n) is 11.1. The first-order chi connectivity index (χ1) is 13.3. The molecule has 1 aliphatic heterocycles. The average Bonchev–Trinajstić information content (AvgIpc) is 3.34. The van der Waals surface area contributed by atoms with E-state index in [2.05, 4.69) is 34.6 Å². The van der Waals surface area contributed by atoms with Crippen LogP contribution in [0.1, 0.15) is 105 Å². The molecular weight excluding hydrogens is 340 g/mol. The van der Waals surface area contributed by atoms with Crippen LogP contribution in [0.2, 0.25) is 0 Å². The summed E-state index contributed by atoms with van der Waals surface area (Å²) in [5.74, 6) is 6.76. The van der Waals surface area contributed by atoms with E-state index in [0.717, 1.165) is 41.4 Å². The van der Waals surface area contributed by atoms with Gasteiger partial charge in [-0.05, 0) is 104 Å². The molecule has 1 saturated heterocycles. The van der Waals surface area contributed by atoms with Gasteiger partial charge < -0.3 is 4.74 Å². The van der Waals surface area contributed by atoms with Gasteiger partial charge >= 0.3 is 0 Å². The second-order valence-corrected chi connectivity index (χ2v) is 12.8. The Labute approximate surface area is 174 Å². The lowest BCUT2D eigenvalue weighted by Crippen LogP contribution is -2.54. The van der Waals surface area contributed by atoms with Crippen molar-refractivity contribution in [2.75, 3.05) is 0 Å². The normalized spacial score (nSPS) is 53.1. The van der Waals surface area contributed by atoms with Crippen molar-refractivity contribution in [3.8, 4) is 0 Å². The molecule has 4 saturated carbocycles. The minimum Gasteiger partial charge on any atom is -0.369 e. The molecule has 160 valence electrons. The van der Waals surface area contributed by atoms with Crippen molar-refractivity contribution in [2.45, 2.75) is 117 Å². The first kappa shape index (κ1) is 19.9. The maximum Gasteiger partial charge on any atom is 0.0875 e. The summed E-state index contributed by atoms with van der Waals surface area (Å²) in [4.78, 5) is 0. The molecule has 28 heavy (non-hydrogen) atoms. The number of hydrogen-bond acceptors (Lipinski definition) is 1. The summed E-state index contributed by atoms with van der Waals surface area (Å²) in [6.07, 6.45) is 17.6. The van der Waals surface area contributed by atoms with Crippen molar-refractivity contribution in [3.63, 3.8) is 0 Å². The molecule has 0 aromatic carbocycles. The van der Waals surface area contributed by atoms with E-state index >= 15 is 0 Å². The van der Waals surface area contributed by atoms with Crippen LogP contribution >= 0.6 is 0 Å². The molecule has 0 unspecified atom stereocenters. The Balaban J connectivity index is 1.30. The van der Waals surface area contributed by atoms with Gasteiger partial charge in [-0.1, -0.05) is 53.9 Å². The van der Waals surface area contributed by atoms with Gasteiger partial charge in [-0.3, -0.25) is 0 Å². The Morgan fingerprint density at radius 1 is 0.786 bits per heavy atom. The van der Waals surface area contributed by atoms with Crippen molar-refractivity contribution < 1.29 is 4.74 Å². The van der Waals surface area contributed by atoms with Crippen molar-refractivity contribution in [3.05, 3.63) is 0 Å². The van der Waals surface area contributed by atoms with Gasteiger partial charge in [-0.2, -0.15) is 0 Å². The van der Waals surface area contributed by atoms with E-state index in [1.807, 2.05) is 0 Å². The first-order valence-electron chi connectivity index (χ1n) is 13.0. The van der Waals surface area contributed by atoms with Crippen LogP contribution in [0.5, 0.6) is 0 Å². The number of rotatable bonds is 5. The molecule has 0 radical (unpaired) electrons. The SMILES string of the molecule is CC(C)CCC[C@@H](C)[C@@H]1CC[C@@H]2[C@@H]3CC[C@H]4[C@@H]5O[C@@H]5CC[C@]4(C)[C@H]3CC[C@]21C. The largest absolute Gasteiger partial charge is 0.369 e. The third kappa shape index (κ3) is 2.96. The molecule has 1 heteroatoms. The van der Waals surface area contributed by atoms with E-state index < -0.39 is 0 Å². The van der Waals surface area contributed by atoms with Crippen LogP contribution < -0.4 is 0 Å². The third-order valence-corrected chi connectivity index (χ3v) is 11.1. The van der Waals surface area contributed by atoms with Gasteiger partial charge in [0.05, 0.1) is 12.2 Å². The zero-order valence-corrected chi connectivity index (χ0v) is 19.4. The molecule has 0 aromatic heterocycles. The summed E-state index contributed by atoms with van der Waals surface area (Å²) in [6, 6.07) is 0. The number of fused-ring (bicyclic) bond motifs is 7. The number of ether oxygens (including phenoxy) is 1. The standard InChI is InChI=1S/C27H46O/c1-17(2)7-6-8-18(3)20-11-12-21-19-9-10-23-25-24(28-25)14-16-27(23,5)22(19)13-15-26(20,21)4/h17-25H,6-16H2,1-5H3/t18-,19+,20+,21-,22+,23+,24-,25+,26+,27-/m1/s1. The van der Waals surface area contributed by atoms with Crippen LogP contribution in [0, 0.1) is 52.3 Å². The second kappa shape index (κ2) is 7.00. The lowest BCUT2D eigenvalue weighted by molar-refractivity contribution is -0.111. The van der Waals surface area contributed by atoms with Gasteiger partial charge in [0.15, 0.2) is 0 Å². The average molecular weight is 387 g/mol. The lowest BCUT2D eigenvalue weighted by Gasteiger charge is -2.60. The van der Waals surface area contributed by atoms with Crippen LogP contribution in [0.4, 0.5) is 0 Å². The summed E-state index contributed by atoms with van der Waals surface area (Å²) in [6.45, 7) is 12.8. The highest BCUT2D eigenvalue weighted by Crippen LogP contribution is 2.69. The van der Waals surface area contributed by atoms with Gasteiger partial charge in [-0.15, -0.1) is 0 Å². The summed E-state index contributed by atoms with van der Waals surface area (Å²) in [5.41, 5.74) is 1.25. The van der Waals surface area contributed by atoms with Gasteiger partial charge in [0.25, 0.3) is 0 Å². The summed E-state index contributed by atoms with van der Waals surface area (Å²) in [7, 11) is 0. The first-order valence-corrected chi connectivity index (χ1v) is 13.0. The molecule has 5 aliphatic rings. The molecule has 0 amide bonds. The molecule has 4 aliphatic carbocycles. The van der Waals surface area contributed by atoms with Gasteiger partial charge in [0, 0.05) is 0 Å². The predicted octanol–water partition coefficient (Wildman–Crippen LogP) is 7.49. The van der Waals surface area contributed by atoms with Crippen LogP contribution in [0.25, 0.3) is 0 Å². The topological polar surface area (TPSA) is 12.5 Å². The van der Waals surface area contributed by atoms with E-state index in [-0.39, 0.29) is 0 Å². The maximum absolute atomic E-state index is 6.10. The van der Waals surface area contributed by atoms with Crippen molar-refractivity contribution in [1.29, 1.82) is 0 Å². The van der Waals surface area contributed by atoms with Crippen LogP contribution in [0.15, 0.2) is 0 Å². The molecule has 0 aromatic rings. The van der Waals surface area contributed by atoms with Crippen LogP contribution in [-0.2, 0) is 4.74 Å². The summed E-state index contributed by atoms with van der Waals surface area (Å²) in [5, 5.41) is 0. The van der Waals surface area contributed by atoms with Crippen molar-refractivity contribution >= 4 is 0 Å². The van der Waals surface area contributed by atoms with Crippen LogP contribution in [-0.4, -0.2) is 12.2 Å². The minimum absolute atomic E-state index is 0.600. The molecule has 1 heterocycles. The Morgan fingerprint density at radius 2 is 1.50 bits per heavy atom. The molecule has 0 N–H and O–H groups in total. The Hall–Kier alpha value is -0.0400. The number of hydrogen-bond donors (Lipinski definition) is 0. The highest BCUT2D eigenvalue weighted by Gasteiger charge is 2.65. The quantitative estimate of drug-likeness (QED) is 0.446. The monoisotopic (exact) mass is 386 g/mol. The van der Waals surface area contributed by atoms with E-state index in [1.54, 1.807) is 6.42 Å². The fourth-order valence-electron chi connectivity index (χ4n) is 9.62. The molecule has 0 spiro atoms. The Kier molecular flexibility index (Phi) is 4.97. The molecule has 5 fully saturated rings. The number of epoxide rings is 1. The van der Waals surface area contributed by atoms with Crippen molar-refractivity contribution in [1.82, 2.24) is 0 Å². The van der Waals surface area contributed by atoms with E-state index in [4.69, 9.17) is 4.74 Å². The minimum atomic E-state index is 0.600. The second-order valence-electron chi connectivity index (χ2n) is 12.8. The molecule has 5 rings (SSSR count). The molecular formula is C27H46O. The van der Waals surface area contributed by atoms with Gasteiger partial charge in [-0.25, -0.2) is 0 Å². The zero-order chi connectivity index (χ0) is 19.7. The Bertz CT molecular complexity index is 583. The van der Waals surface area contributed by atoms with Crippen molar-refractivity contribution in [2.24, 2.45) is 52.3 Å². The predicted molar refractivity (Wildman–Crippen MR) is 117 cm³/mol. The maximum atomic E-state index is 6.10. The molecule has 0 bridgehead atoms. The fraction of sp³-hybridized carbons (Fsp3) is 1.00. The highest BCUT2D eigenvalue weighted by molar-refractivity contribution is 5.13. The Morgan fingerprint density at radius 3 is 2.29 bits per heavy atom. The highest BCUT2D eigenvalue weighted by atomic mass is 16.6. The summed E-state index contributed by atoms with van der Waals surface area (Å²) < 4.78 is 6.10. The fourth-order valence-corrected chi connectivity index (χ4v) is 9.62. The van der Waals surface area contributed by atoms with E-state index in [9.17, 15) is 0 Å². The smallest absolute Gasteiger partial charge is 0.0875 e. The van der Waals surface area contributed by atoms with E-state index in [0.29, 0.717) is 23.0 Å². The van der Waals surface area contributed by atoms with Gasteiger partial charge in [0.2, 0.25) is 0 Å².